The van der Waals surface area contributed by atoms with E-state index in [1.807, 2.05) is 25.7 Å². The Labute approximate surface area is 112 Å². The zero-order valence-electron chi connectivity index (χ0n) is 11.5. The normalized spacial score (nSPS) is 14.2. The average Bonchev–Trinajstić information content (AvgIpc) is 2.34. The molecule has 0 saturated carbocycles. The maximum absolute atomic E-state index is 13.1. The second-order valence-corrected chi connectivity index (χ2v) is 4.76. The van der Waals surface area contributed by atoms with Gasteiger partial charge in [0.15, 0.2) is 0 Å². The predicted octanol–water partition coefficient (Wildman–Crippen LogP) is 3.44. The largest absolute Gasteiger partial charge is 0.416 e. The Balaban J connectivity index is 3.26. The van der Waals surface area contributed by atoms with Crippen molar-refractivity contribution in [1.82, 2.24) is 4.90 Å². The van der Waals surface area contributed by atoms with Crippen LogP contribution in [0.4, 0.5) is 13.2 Å². The molecule has 0 aliphatic carbocycles. The van der Waals surface area contributed by atoms with Crippen molar-refractivity contribution in [2.75, 3.05) is 13.1 Å². The lowest BCUT2D eigenvalue weighted by Gasteiger charge is -2.34. The van der Waals surface area contributed by atoms with Gasteiger partial charge in [0.25, 0.3) is 0 Å². The van der Waals surface area contributed by atoms with Crippen LogP contribution in [0.5, 0.6) is 0 Å². The van der Waals surface area contributed by atoms with Crippen LogP contribution in [0, 0.1) is 0 Å². The topological polar surface area (TPSA) is 29.3 Å². The molecule has 1 rings (SSSR count). The van der Waals surface area contributed by atoms with E-state index in [2.05, 4.69) is 0 Å². The maximum Gasteiger partial charge on any atom is 0.416 e. The minimum atomic E-state index is -4.35. The van der Waals surface area contributed by atoms with Gasteiger partial charge >= 0.3 is 6.18 Å². The molecule has 0 radical (unpaired) electrons. The van der Waals surface area contributed by atoms with E-state index >= 15 is 0 Å². The monoisotopic (exact) mass is 274 g/mol. The van der Waals surface area contributed by atoms with E-state index in [4.69, 9.17) is 5.73 Å². The molecule has 2 nitrogen and oxygen atoms in total. The van der Waals surface area contributed by atoms with Gasteiger partial charge in [0.2, 0.25) is 0 Å². The number of rotatable bonds is 5. The molecule has 0 aliphatic heterocycles. The Morgan fingerprint density at radius 2 is 1.79 bits per heavy atom. The number of nitrogens with two attached hydrogens (primary N) is 1. The molecule has 0 saturated heterocycles. The highest BCUT2D eigenvalue weighted by Gasteiger charge is 2.36. The molecule has 0 aromatic heterocycles. The molecule has 1 atom stereocenters. The molecular weight excluding hydrogens is 253 g/mol. The van der Waals surface area contributed by atoms with E-state index < -0.39 is 17.8 Å². The minimum absolute atomic E-state index is 0.139. The molecule has 1 unspecified atom stereocenters. The zero-order chi connectivity index (χ0) is 14.6. The van der Waals surface area contributed by atoms with Gasteiger partial charge in [-0.15, -0.1) is 0 Å². The molecule has 1 aromatic rings. The number of benzene rings is 1. The minimum Gasteiger partial charge on any atom is -0.329 e. The summed E-state index contributed by atoms with van der Waals surface area (Å²) >= 11 is 0. The van der Waals surface area contributed by atoms with Crippen LogP contribution in [0.2, 0.25) is 0 Å². The Morgan fingerprint density at radius 3 is 2.21 bits per heavy atom. The van der Waals surface area contributed by atoms with Gasteiger partial charge in [-0.25, -0.2) is 0 Å². The van der Waals surface area contributed by atoms with Gasteiger partial charge in [-0.3, -0.25) is 4.90 Å². The third-order valence-corrected chi connectivity index (χ3v) is 3.28. The first-order valence-corrected chi connectivity index (χ1v) is 6.44. The number of nitrogens with zero attached hydrogens (tertiary/aromatic N) is 1. The third kappa shape index (κ3) is 3.70. The van der Waals surface area contributed by atoms with Crippen LogP contribution in [-0.4, -0.2) is 24.0 Å². The van der Waals surface area contributed by atoms with E-state index in [0.29, 0.717) is 6.54 Å². The van der Waals surface area contributed by atoms with Gasteiger partial charge in [0, 0.05) is 18.6 Å². The average molecular weight is 274 g/mol. The van der Waals surface area contributed by atoms with Crippen LogP contribution in [0.25, 0.3) is 0 Å². The summed E-state index contributed by atoms with van der Waals surface area (Å²) in [6.07, 6.45) is -4.35. The molecule has 0 fully saturated rings. The molecule has 1 aromatic carbocycles. The lowest BCUT2D eigenvalue weighted by Crippen LogP contribution is -2.39. The first-order chi connectivity index (χ1) is 8.82. The summed E-state index contributed by atoms with van der Waals surface area (Å²) in [5.41, 5.74) is 5.39. The van der Waals surface area contributed by atoms with E-state index in [-0.39, 0.29) is 18.2 Å². The zero-order valence-corrected chi connectivity index (χ0v) is 11.5. The van der Waals surface area contributed by atoms with Crippen molar-refractivity contribution in [2.24, 2.45) is 5.73 Å². The molecular formula is C14H21F3N2. The van der Waals surface area contributed by atoms with Crippen LogP contribution >= 0.6 is 0 Å². The lowest BCUT2D eigenvalue weighted by molar-refractivity contribution is -0.138. The predicted molar refractivity (Wildman–Crippen MR) is 70.8 cm³/mol. The Bertz CT molecular complexity index is 402. The van der Waals surface area contributed by atoms with Crippen molar-refractivity contribution >= 4 is 0 Å². The number of hydrogen-bond donors (Lipinski definition) is 1. The summed E-state index contributed by atoms with van der Waals surface area (Å²) in [5, 5.41) is 0. The molecule has 108 valence electrons. The van der Waals surface area contributed by atoms with E-state index in [0.717, 1.165) is 6.07 Å². The van der Waals surface area contributed by atoms with Crippen LogP contribution in [0.3, 0.4) is 0 Å². The van der Waals surface area contributed by atoms with E-state index in [9.17, 15) is 13.2 Å². The SMILES string of the molecule is CCN(C(C)C)C(CN)c1ccccc1C(F)(F)F. The number of hydrogen-bond acceptors (Lipinski definition) is 2. The van der Waals surface area contributed by atoms with E-state index in [1.54, 1.807) is 6.07 Å². The first-order valence-electron chi connectivity index (χ1n) is 6.44. The van der Waals surface area contributed by atoms with Gasteiger partial charge in [0.05, 0.1) is 5.56 Å². The fourth-order valence-electron chi connectivity index (χ4n) is 2.43. The lowest BCUT2D eigenvalue weighted by atomic mass is 9.97. The van der Waals surface area contributed by atoms with Gasteiger partial charge in [-0.05, 0) is 32.0 Å². The van der Waals surface area contributed by atoms with Gasteiger partial charge in [0.1, 0.15) is 0 Å². The maximum atomic E-state index is 13.1. The quantitative estimate of drug-likeness (QED) is 0.891. The molecule has 0 bridgehead atoms. The van der Waals surface area contributed by atoms with Gasteiger partial charge < -0.3 is 5.73 Å². The van der Waals surface area contributed by atoms with Gasteiger partial charge in [-0.2, -0.15) is 13.2 Å². The Hall–Kier alpha value is -1.07. The summed E-state index contributed by atoms with van der Waals surface area (Å²) in [6.45, 7) is 6.68. The van der Waals surface area contributed by atoms with Crippen molar-refractivity contribution in [3.05, 3.63) is 35.4 Å². The van der Waals surface area contributed by atoms with Crippen molar-refractivity contribution in [2.45, 2.75) is 39.0 Å². The fraction of sp³-hybridized carbons (Fsp3) is 0.571. The molecule has 0 heterocycles. The highest BCUT2D eigenvalue weighted by Crippen LogP contribution is 2.36. The first kappa shape index (κ1) is 16.0. The highest BCUT2D eigenvalue weighted by atomic mass is 19.4. The van der Waals surface area contributed by atoms with Crippen molar-refractivity contribution in [1.29, 1.82) is 0 Å². The number of likely N-dealkylation sites (N-methyl/N-ethyl adjacent to an activating group) is 1. The molecule has 2 N–H and O–H groups in total. The second kappa shape index (κ2) is 6.39. The summed E-state index contributed by atoms with van der Waals surface area (Å²) in [6, 6.07) is 5.40. The molecule has 19 heavy (non-hydrogen) atoms. The van der Waals surface area contributed by atoms with Gasteiger partial charge in [-0.1, -0.05) is 25.1 Å². The fourth-order valence-corrected chi connectivity index (χ4v) is 2.43. The third-order valence-electron chi connectivity index (χ3n) is 3.28. The number of halogens is 3. The van der Waals surface area contributed by atoms with Crippen molar-refractivity contribution in [3.8, 4) is 0 Å². The van der Waals surface area contributed by atoms with Crippen LogP contribution < -0.4 is 5.73 Å². The van der Waals surface area contributed by atoms with Crippen LogP contribution in [0.1, 0.15) is 37.9 Å². The standard InChI is InChI=1S/C14H21F3N2/c1-4-19(10(2)3)13(9-18)11-7-5-6-8-12(11)14(15,16)17/h5-8,10,13H,4,9,18H2,1-3H3. The molecule has 5 heteroatoms. The molecule has 0 aliphatic rings. The van der Waals surface area contributed by atoms with Crippen LogP contribution in [0.15, 0.2) is 24.3 Å². The van der Waals surface area contributed by atoms with E-state index in [1.165, 1.54) is 12.1 Å². The van der Waals surface area contributed by atoms with Crippen molar-refractivity contribution < 1.29 is 13.2 Å². The number of alkyl halides is 3. The highest BCUT2D eigenvalue weighted by molar-refractivity contribution is 5.32. The molecule has 0 spiro atoms. The Kier molecular flexibility index (Phi) is 5.38. The second-order valence-electron chi connectivity index (χ2n) is 4.76. The van der Waals surface area contributed by atoms with Crippen LogP contribution in [-0.2, 0) is 6.18 Å². The smallest absolute Gasteiger partial charge is 0.329 e. The Morgan fingerprint density at radius 1 is 1.21 bits per heavy atom. The summed E-state index contributed by atoms with van der Waals surface area (Å²) in [5.74, 6) is 0. The summed E-state index contributed by atoms with van der Waals surface area (Å²) in [7, 11) is 0. The van der Waals surface area contributed by atoms with Crippen molar-refractivity contribution in [3.63, 3.8) is 0 Å². The summed E-state index contributed by atoms with van der Waals surface area (Å²) in [4.78, 5) is 1.98. The summed E-state index contributed by atoms with van der Waals surface area (Å²) < 4.78 is 39.2. The molecule has 0 amide bonds.